The first-order valence-electron chi connectivity index (χ1n) is 9.18. The van der Waals surface area contributed by atoms with E-state index in [1.54, 1.807) is 6.20 Å². The molecule has 2 aliphatic rings. The fraction of sp³-hybridized carbons (Fsp3) is 0.579. The molecule has 1 amide bonds. The zero-order valence-electron chi connectivity index (χ0n) is 15.6. The number of aryl methyl sites for hydroxylation is 2. The number of carbonyl (C=O) groups excluding carboxylic acids is 1. The van der Waals surface area contributed by atoms with Crippen LogP contribution >= 0.6 is 0 Å². The van der Waals surface area contributed by atoms with Gasteiger partial charge in [0.15, 0.2) is 5.82 Å². The van der Waals surface area contributed by atoms with E-state index < -0.39 is 0 Å². The summed E-state index contributed by atoms with van der Waals surface area (Å²) in [4.78, 5) is 25.6. The SMILES string of the molecule is Cc1ccc(C(=O)N2CCC3(CC2)CC(c2nc(C)no2)N(C)C3)cn1. The molecule has 1 spiro atoms. The average molecular weight is 355 g/mol. The predicted molar refractivity (Wildman–Crippen MR) is 95.6 cm³/mol. The number of amides is 1. The van der Waals surface area contributed by atoms with Gasteiger partial charge in [-0.1, -0.05) is 5.16 Å². The van der Waals surface area contributed by atoms with Crippen molar-refractivity contribution >= 4 is 5.91 Å². The molecule has 0 aromatic carbocycles. The largest absolute Gasteiger partial charge is 0.339 e. The number of rotatable bonds is 2. The zero-order valence-corrected chi connectivity index (χ0v) is 15.6. The van der Waals surface area contributed by atoms with Crippen molar-refractivity contribution in [3.63, 3.8) is 0 Å². The second-order valence-electron chi connectivity index (χ2n) is 7.80. The minimum Gasteiger partial charge on any atom is -0.339 e. The van der Waals surface area contributed by atoms with Crippen molar-refractivity contribution in [3.8, 4) is 0 Å². The van der Waals surface area contributed by atoms with Gasteiger partial charge in [-0.25, -0.2) is 0 Å². The van der Waals surface area contributed by atoms with Crippen LogP contribution in [0.4, 0.5) is 0 Å². The maximum atomic E-state index is 12.7. The van der Waals surface area contributed by atoms with Crippen LogP contribution < -0.4 is 0 Å². The van der Waals surface area contributed by atoms with Crippen LogP contribution in [-0.4, -0.2) is 57.5 Å². The van der Waals surface area contributed by atoms with Gasteiger partial charge in [0.25, 0.3) is 5.91 Å². The molecule has 0 N–H and O–H groups in total. The Morgan fingerprint density at radius 1 is 1.27 bits per heavy atom. The van der Waals surface area contributed by atoms with Gasteiger partial charge in [0.05, 0.1) is 11.6 Å². The van der Waals surface area contributed by atoms with Crippen molar-refractivity contribution in [1.82, 2.24) is 24.9 Å². The van der Waals surface area contributed by atoms with Crippen LogP contribution in [0.15, 0.2) is 22.9 Å². The molecular formula is C19H25N5O2. The Balaban J connectivity index is 1.41. The summed E-state index contributed by atoms with van der Waals surface area (Å²) in [5, 5.41) is 3.93. The fourth-order valence-corrected chi connectivity index (χ4v) is 4.32. The molecule has 0 saturated carbocycles. The molecule has 4 heterocycles. The molecule has 0 radical (unpaired) electrons. The maximum Gasteiger partial charge on any atom is 0.255 e. The van der Waals surface area contributed by atoms with Gasteiger partial charge in [-0.3, -0.25) is 14.7 Å². The molecule has 2 aliphatic heterocycles. The molecular weight excluding hydrogens is 330 g/mol. The van der Waals surface area contributed by atoms with E-state index in [1.165, 1.54) is 0 Å². The number of likely N-dealkylation sites (tertiary alicyclic amines) is 2. The van der Waals surface area contributed by atoms with E-state index in [2.05, 4.69) is 27.1 Å². The monoisotopic (exact) mass is 355 g/mol. The number of aromatic nitrogens is 3. The maximum absolute atomic E-state index is 12.7. The van der Waals surface area contributed by atoms with Gasteiger partial charge in [-0.15, -0.1) is 0 Å². The van der Waals surface area contributed by atoms with Gasteiger partial charge in [-0.2, -0.15) is 4.98 Å². The lowest BCUT2D eigenvalue weighted by Gasteiger charge is -2.39. The standard InChI is InChI=1S/C19H25N5O2/c1-13-4-5-15(11-20-13)18(25)24-8-6-19(7-9-24)10-16(23(3)12-19)17-21-14(2)22-26-17/h4-5,11,16H,6-10,12H2,1-3H3. The van der Waals surface area contributed by atoms with E-state index in [1.807, 2.05) is 30.9 Å². The summed E-state index contributed by atoms with van der Waals surface area (Å²) in [6.07, 6.45) is 4.70. The predicted octanol–water partition coefficient (Wildman–Crippen LogP) is 2.38. The normalized spacial score (nSPS) is 22.9. The Hall–Kier alpha value is -2.28. The van der Waals surface area contributed by atoms with Crippen molar-refractivity contribution in [2.24, 2.45) is 5.41 Å². The molecule has 7 heteroatoms. The minimum absolute atomic E-state index is 0.0859. The van der Waals surface area contributed by atoms with Crippen molar-refractivity contribution in [2.75, 3.05) is 26.7 Å². The van der Waals surface area contributed by atoms with Crippen LogP contribution in [0.5, 0.6) is 0 Å². The average Bonchev–Trinajstić information content (AvgIpc) is 3.19. The van der Waals surface area contributed by atoms with E-state index >= 15 is 0 Å². The number of pyridine rings is 1. The Bertz CT molecular complexity index is 793. The third kappa shape index (κ3) is 3.11. The van der Waals surface area contributed by atoms with Crippen LogP contribution in [0.3, 0.4) is 0 Å². The molecule has 2 aromatic rings. The van der Waals surface area contributed by atoms with Gasteiger partial charge in [0.2, 0.25) is 5.89 Å². The molecule has 2 aromatic heterocycles. The highest BCUT2D eigenvalue weighted by Crippen LogP contribution is 2.48. The molecule has 26 heavy (non-hydrogen) atoms. The molecule has 0 aliphatic carbocycles. The van der Waals surface area contributed by atoms with E-state index in [9.17, 15) is 4.79 Å². The Morgan fingerprint density at radius 3 is 2.65 bits per heavy atom. The van der Waals surface area contributed by atoms with Crippen LogP contribution in [0.25, 0.3) is 0 Å². The number of hydrogen-bond donors (Lipinski definition) is 0. The summed E-state index contributed by atoms with van der Waals surface area (Å²) in [6.45, 7) is 6.36. The van der Waals surface area contributed by atoms with E-state index in [4.69, 9.17) is 4.52 Å². The lowest BCUT2D eigenvalue weighted by Crippen LogP contribution is -2.44. The number of piperidine rings is 1. The first-order valence-corrected chi connectivity index (χ1v) is 9.18. The Labute approximate surface area is 153 Å². The van der Waals surface area contributed by atoms with E-state index in [0.29, 0.717) is 17.3 Å². The second-order valence-corrected chi connectivity index (χ2v) is 7.80. The van der Waals surface area contributed by atoms with Crippen LogP contribution in [0.2, 0.25) is 0 Å². The smallest absolute Gasteiger partial charge is 0.255 e. The lowest BCUT2D eigenvalue weighted by molar-refractivity contribution is 0.0592. The summed E-state index contributed by atoms with van der Waals surface area (Å²) >= 11 is 0. The van der Waals surface area contributed by atoms with Crippen molar-refractivity contribution in [1.29, 1.82) is 0 Å². The molecule has 1 atom stereocenters. The summed E-state index contributed by atoms with van der Waals surface area (Å²) in [6, 6.07) is 3.94. The zero-order chi connectivity index (χ0) is 18.3. The molecule has 138 valence electrons. The van der Waals surface area contributed by atoms with Gasteiger partial charge < -0.3 is 9.42 Å². The molecule has 0 bridgehead atoms. The number of nitrogens with zero attached hydrogens (tertiary/aromatic N) is 5. The minimum atomic E-state index is 0.0859. The van der Waals surface area contributed by atoms with E-state index in [0.717, 1.165) is 44.6 Å². The molecule has 4 rings (SSSR count). The fourth-order valence-electron chi connectivity index (χ4n) is 4.32. The molecule has 1 unspecified atom stereocenters. The highest BCUT2D eigenvalue weighted by atomic mass is 16.5. The molecule has 2 fully saturated rings. The van der Waals surface area contributed by atoms with E-state index in [-0.39, 0.29) is 17.4 Å². The van der Waals surface area contributed by atoms with Crippen molar-refractivity contribution in [3.05, 3.63) is 41.3 Å². The summed E-state index contributed by atoms with van der Waals surface area (Å²) in [5.41, 5.74) is 1.83. The third-order valence-electron chi connectivity index (χ3n) is 5.84. The van der Waals surface area contributed by atoms with Crippen molar-refractivity contribution < 1.29 is 9.32 Å². The molecule has 7 nitrogen and oxygen atoms in total. The summed E-state index contributed by atoms with van der Waals surface area (Å²) in [7, 11) is 2.12. The Morgan fingerprint density at radius 2 is 2.04 bits per heavy atom. The van der Waals surface area contributed by atoms with Crippen LogP contribution in [0.1, 0.15) is 53.1 Å². The first-order chi connectivity index (χ1) is 12.5. The van der Waals surface area contributed by atoms with Crippen LogP contribution in [0, 0.1) is 19.3 Å². The second kappa shape index (κ2) is 6.46. The number of carbonyl (C=O) groups is 1. The molecule has 2 saturated heterocycles. The Kier molecular flexibility index (Phi) is 4.26. The van der Waals surface area contributed by atoms with Crippen LogP contribution in [-0.2, 0) is 0 Å². The summed E-state index contributed by atoms with van der Waals surface area (Å²) in [5.74, 6) is 1.48. The van der Waals surface area contributed by atoms with Crippen molar-refractivity contribution in [2.45, 2.75) is 39.2 Å². The lowest BCUT2D eigenvalue weighted by atomic mass is 9.76. The topological polar surface area (TPSA) is 75.4 Å². The van der Waals surface area contributed by atoms with Gasteiger partial charge in [-0.05, 0) is 57.7 Å². The van der Waals surface area contributed by atoms with Gasteiger partial charge in [0, 0.05) is 31.5 Å². The first kappa shape index (κ1) is 17.1. The van der Waals surface area contributed by atoms with Gasteiger partial charge >= 0.3 is 0 Å². The third-order valence-corrected chi connectivity index (χ3v) is 5.84. The highest BCUT2D eigenvalue weighted by Gasteiger charge is 2.46. The van der Waals surface area contributed by atoms with Gasteiger partial charge in [0.1, 0.15) is 0 Å². The number of hydrogen-bond acceptors (Lipinski definition) is 6. The summed E-state index contributed by atoms with van der Waals surface area (Å²) < 4.78 is 5.41. The highest BCUT2D eigenvalue weighted by molar-refractivity contribution is 5.94. The quantitative estimate of drug-likeness (QED) is 0.823.